The van der Waals surface area contributed by atoms with Gasteiger partial charge in [-0.05, 0) is 49.6 Å². The third-order valence-electron chi connectivity index (χ3n) is 4.59. The summed E-state index contributed by atoms with van der Waals surface area (Å²) in [6, 6.07) is 11.9. The molecule has 186 valence electrons. The number of amides is 4. The van der Waals surface area contributed by atoms with E-state index in [1.807, 2.05) is 9.44 Å². The third kappa shape index (κ3) is 8.84. The molecule has 0 aromatic heterocycles. The standard InChI is InChI=1S/C21H27ClN4O6S2/c1-17-10-9-13-19(16-17)34(31,32)24-20(27)23-14-7-2-3-8-15-26(22)21(28)25-33(29,30)18-11-5-4-6-12-18/h4-6,9-13,16H,2-3,7-8,14-15H2,1H3,(H,25,28)(H2,23,24,27). The summed E-state index contributed by atoms with van der Waals surface area (Å²) < 4.78 is 53.3. The van der Waals surface area contributed by atoms with E-state index in [1.54, 1.807) is 37.3 Å². The molecule has 0 unspecified atom stereocenters. The molecule has 0 aliphatic rings. The van der Waals surface area contributed by atoms with Crippen LogP contribution in [0.1, 0.15) is 31.2 Å². The molecule has 4 amide bonds. The number of rotatable bonds is 11. The van der Waals surface area contributed by atoms with E-state index in [9.17, 15) is 26.4 Å². The predicted molar refractivity (Wildman–Crippen MR) is 128 cm³/mol. The molecule has 2 aromatic rings. The number of urea groups is 2. The number of unbranched alkanes of at least 4 members (excludes halogenated alkanes) is 3. The molecule has 0 saturated heterocycles. The minimum absolute atomic E-state index is 0.00823. The van der Waals surface area contributed by atoms with E-state index in [4.69, 9.17) is 11.8 Å². The van der Waals surface area contributed by atoms with Crippen molar-refractivity contribution in [1.82, 2.24) is 19.2 Å². The van der Waals surface area contributed by atoms with Crippen molar-refractivity contribution in [2.45, 2.75) is 42.4 Å². The minimum atomic E-state index is -4.00. The number of nitrogens with zero attached hydrogens (tertiary/aromatic N) is 1. The Hall–Kier alpha value is -2.83. The van der Waals surface area contributed by atoms with Crippen LogP contribution in [0.5, 0.6) is 0 Å². The molecule has 0 heterocycles. The Balaban J connectivity index is 1.62. The van der Waals surface area contributed by atoms with Crippen molar-refractivity contribution in [3.63, 3.8) is 0 Å². The Kier molecular flexibility index (Phi) is 10.1. The van der Waals surface area contributed by atoms with Gasteiger partial charge in [-0.1, -0.05) is 43.2 Å². The van der Waals surface area contributed by atoms with Crippen molar-refractivity contribution >= 4 is 43.9 Å². The molecule has 0 aliphatic carbocycles. The Morgan fingerprint density at radius 2 is 1.44 bits per heavy atom. The van der Waals surface area contributed by atoms with E-state index in [2.05, 4.69) is 5.32 Å². The molecule has 0 spiro atoms. The van der Waals surface area contributed by atoms with Gasteiger partial charge in [-0.25, -0.2) is 40.3 Å². The topological polar surface area (TPSA) is 142 Å². The lowest BCUT2D eigenvalue weighted by molar-refractivity contribution is 0.229. The number of sulfonamides is 2. The van der Waals surface area contributed by atoms with Crippen LogP contribution in [0, 0.1) is 6.92 Å². The summed E-state index contributed by atoms with van der Waals surface area (Å²) in [4.78, 5) is 23.8. The summed E-state index contributed by atoms with van der Waals surface area (Å²) in [6.07, 6.45) is 2.43. The normalized spacial score (nSPS) is 11.5. The minimum Gasteiger partial charge on any atom is -0.337 e. The molecule has 3 N–H and O–H groups in total. The predicted octanol–water partition coefficient (Wildman–Crippen LogP) is 3.10. The van der Waals surface area contributed by atoms with Gasteiger partial charge in [0.25, 0.3) is 20.0 Å². The fraction of sp³-hybridized carbons (Fsp3) is 0.333. The molecular weight excluding hydrogens is 504 g/mol. The van der Waals surface area contributed by atoms with Gasteiger partial charge in [-0.2, -0.15) is 0 Å². The smallest absolute Gasteiger partial charge is 0.337 e. The average molecular weight is 531 g/mol. The van der Waals surface area contributed by atoms with Gasteiger partial charge < -0.3 is 5.32 Å². The third-order valence-corrected chi connectivity index (χ3v) is 7.58. The van der Waals surface area contributed by atoms with E-state index in [1.165, 1.54) is 24.3 Å². The van der Waals surface area contributed by atoms with Crippen LogP contribution in [0.3, 0.4) is 0 Å². The van der Waals surface area contributed by atoms with Crippen LogP contribution >= 0.6 is 11.8 Å². The van der Waals surface area contributed by atoms with Crippen molar-refractivity contribution in [3.8, 4) is 0 Å². The average Bonchev–Trinajstić information content (AvgIpc) is 2.78. The monoisotopic (exact) mass is 530 g/mol. The van der Waals surface area contributed by atoms with Gasteiger partial charge >= 0.3 is 12.1 Å². The number of benzene rings is 2. The lowest BCUT2D eigenvalue weighted by Crippen LogP contribution is -2.39. The number of hydrogen-bond acceptors (Lipinski definition) is 6. The number of aryl methyl sites for hydroxylation is 1. The van der Waals surface area contributed by atoms with Crippen LogP contribution in [-0.2, 0) is 20.0 Å². The van der Waals surface area contributed by atoms with Gasteiger partial charge in [0.05, 0.1) is 9.79 Å². The Labute approximate surface area is 204 Å². The molecule has 0 radical (unpaired) electrons. The van der Waals surface area contributed by atoms with E-state index < -0.39 is 32.1 Å². The molecule has 2 aromatic carbocycles. The zero-order chi connectivity index (χ0) is 25.2. The zero-order valence-corrected chi connectivity index (χ0v) is 20.9. The maximum absolute atomic E-state index is 12.2. The molecular formula is C21H27ClN4O6S2. The lowest BCUT2D eigenvalue weighted by Gasteiger charge is -2.15. The highest BCUT2D eigenvalue weighted by Gasteiger charge is 2.21. The van der Waals surface area contributed by atoms with Crippen LogP contribution in [0.4, 0.5) is 9.59 Å². The first kappa shape index (κ1) is 27.4. The van der Waals surface area contributed by atoms with Gasteiger partial charge in [0, 0.05) is 24.9 Å². The first-order chi connectivity index (χ1) is 16.0. The van der Waals surface area contributed by atoms with Crippen molar-refractivity contribution in [3.05, 3.63) is 60.2 Å². The first-order valence-corrected chi connectivity index (χ1v) is 13.7. The number of carbonyl (C=O) groups is 2. The van der Waals surface area contributed by atoms with Crippen molar-refractivity contribution in [2.24, 2.45) is 0 Å². The molecule has 10 nitrogen and oxygen atoms in total. The second-order valence-electron chi connectivity index (χ2n) is 7.40. The molecule has 2 rings (SSSR count). The maximum atomic E-state index is 12.2. The van der Waals surface area contributed by atoms with Crippen molar-refractivity contribution in [2.75, 3.05) is 13.1 Å². The largest absolute Gasteiger partial charge is 0.345 e. The Morgan fingerprint density at radius 3 is 2.12 bits per heavy atom. The van der Waals surface area contributed by atoms with Gasteiger partial charge in [-0.15, -0.1) is 0 Å². The van der Waals surface area contributed by atoms with Gasteiger partial charge in [0.1, 0.15) is 0 Å². The van der Waals surface area contributed by atoms with Crippen molar-refractivity contribution in [1.29, 1.82) is 0 Å². The second kappa shape index (κ2) is 12.6. The number of carbonyl (C=O) groups excluding carboxylic acids is 2. The molecule has 0 atom stereocenters. The van der Waals surface area contributed by atoms with Crippen LogP contribution in [-0.4, -0.2) is 46.4 Å². The molecule has 0 saturated carbocycles. The number of hydrogen-bond donors (Lipinski definition) is 3. The molecule has 0 fully saturated rings. The van der Waals surface area contributed by atoms with E-state index in [0.29, 0.717) is 25.7 Å². The van der Waals surface area contributed by atoms with Gasteiger partial charge in [-0.3, -0.25) is 0 Å². The van der Waals surface area contributed by atoms with E-state index >= 15 is 0 Å². The SMILES string of the molecule is Cc1cccc(S(=O)(=O)NC(=O)NCCCCCCN(Cl)C(=O)NS(=O)(=O)c2ccccc2)c1. The zero-order valence-electron chi connectivity index (χ0n) is 18.5. The highest BCUT2D eigenvalue weighted by molar-refractivity contribution is 7.90. The van der Waals surface area contributed by atoms with Crippen molar-refractivity contribution < 1.29 is 26.4 Å². The summed E-state index contributed by atoms with van der Waals surface area (Å²) in [5, 5.41) is 2.49. The summed E-state index contributed by atoms with van der Waals surface area (Å²) in [7, 11) is -7.95. The van der Waals surface area contributed by atoms with Crippen LogP contribution in [0.2, 0.25) is 0 Å². The second-order valence-corrected chi connectivity index (χ2v) is 11.2. The number of halogens is 1. The summed E-state index contributed by atoms with van der Waals surface area (Å²) >= 11 is 5.86. The number of nitrogens with one attached hydrogen (secondary N) is 3. The maximum Gasteiger partial charge on any atom is 0.345 e. The highest BCUT2D eigenvalue weighted by atomic mass is 35.5. The van der Waals surface area contributed by atoms with Crippen LogP contribution in [0.25, 0.3) is 0 Å². The summed E-state index contributed by atoms with van der Waals surface area (Å²) in [6.45, 7) is 2.14. The fourth-order valence-electron chi connectivity index (χ4n) is 2.86. The van der Waals surface area contributed by atoms with E-state index in [0.717, 1.165) is 9.98 Å². The fourth-order valence-corrected chi connectivity index (χ4v) is 5.07. The molecule has 0 bridgehead atoms. The molecule has 34 heavy (non-hydrogen) atoms. The van der Waals surface area contributed by atoms with E-state index in [-0.39, 0.29) is 22.9 Å². The Morgan fingerprint density at radius 1 is 0.824 bits per heavy atom. The Bertz CT molecular complexity index is 1190. The first-order valence-electron chi connectivity index (χ1n) is 10.4. The summed E-state index contributed by atoms with van der Waals surface area (Å²) in [5.41, 5.74) is 0.758. The van der Waals surface area contributed by atoms with Gasteiger partial charge in [0.15, 0.2) is 0 Å². The summed E-state index contributed by atoms with van der Waals surface area (Å²) in [5.74, 6) is 0. The quantitative estimate of drug-likeness (QED) is 0.301. The molecule has 0 aliphatic heterocycles. The van der Waals surface area contributed by atoms with Gasteiger partial charge in [0.2, 0.25) is 0 Å². The van der Waals surface area contributed by atoms with Crippen LogP contribution in [0.15, 0.2) is 64.4 Å². The van der Waals surface area contributed by atoms with Crippen LogP contribution < -0.4 is 14.8 Å². The molecule has 13 heteroatoms. The highest BCUT2D eigenvalue weighted by Crippen LogP contribution is 2.11. The lowest BCUT2D eigenvalue weighted by atomic mass is 10.2.